The summed E-state index contributed by atoms with van der Waals surface area (Å²) in [7, 11) is 0. The van der Waals surface area contributed by atoms with E-state index >= 15 is 0 Å². The summed E-state index contributed by atoms with van der Waals surface area (Å²) in [5.41, 5.74) is 2.32. The standard InChI is InChI=1S/C23H33N5O2S/c1-17-5-7-19(8-6-17)14-24-21(29)16-31-23-26-25-22(27-11-9-18(2)10-12-27)28(23)15-20-4-3-13-30-20/h5-8,18,20H,3-4,9-16H2,1-2H3,(H,24,29). The van der Waals surface area contributed by atoms with Crippen molar-refractivity contribution in [3.63, 3.8) is 0 Å². The van der Waals surface area contributed by atoms with Gasteiger partial charge in [-0.2, -0.15) is 0 Å². The average Bonchev–Trinajstić information content (AvgIpc) is 3.43. The summed E-state index contributed by atoms with van der Waals surface area (Å²) in [5, 5.41) is 12.8. The van der Waals surface area contributed by atoms with Crippen molar-refractivity contribution in [3.8, 4) is 0 Å². The molecule has 2 aromatic rings. The smallest absolute Gasteiger partial charge is 0.230 e. The van der Waals surface area contributed by atoms with Crippen molar-refractivity contribution >= 4 is 23.6 Å². The summed E-state index contributed by atoms with van der Waals surface area (Å²) >= 11 is 1.46. The molecule has 0 aliphatic carbocycles. The molecule has 31 heavy (non-hydrogen) atoms. The molecule has 0 bridgehead atoms. The maximum atomic E-state index is 12.4. The van der Waals surface area contributed by atoms with Crippen LogP contribution < -0.4 is 10.2 Å². The van der Waals surface area contributed by atoms with E-state index in [2.05, 4.69) is 51.0 Å². The van der Waals surface area contributed by atoms with Gasteiger partial charge < -0.3 is 15.0 Å². The minimum Gasteiger partial charge on any atom is -0.376 e. The van der Waals surface area contributed by atoms with Gasteiger partial charge in [0.05, 0.1) is 18.4 Å². The Morgan fingerprint density at radius 2 is 1.97 bits per heavy atom. The van der Waals surface area contributed by atoms with Gasteiger partial charge in [-0.25, -0.2) is 0 Å². The first kappa shape index (κ1) is 22.1. The highest BCUT2D eigenvalue weighted by molar-refractivity contribution is 7.99. The van der Waals surface area contributed by atoms with Crippen molar-refractivity contribution < 1.29 is 9.53 Å². The minimum atomic E-state index is 0.00517. The van der Waals surface area contributed by atoms with Gasteiger partial charge in [0, 0.05) is 26.2 Å². The Bertz CT molecular complexity index is 855. The van der Waals surface area contributed by atoms with Gasteiger partial charge in [0.25, 0.3) is 0 Å². The van der Waals surface area contributed by atoms with Gasteiger partial charge in [-0.05, 0) is 44.1 Å². The highest BCUT2D eigenvalue weighted by Crippen LogP contribution is 2.28. The molecule has 2 saturated heterocycles. The van der Waals surface area contributed by atoms with Crippen LogP contribution in [-0.4, -0.2) is 52.2 Å². The lowest BCUT2D eigenvalue weighted by atomic mass is 10.00. The molecule has 0 spiro atoms. The molecule has 1 N–H and O–H groups in total. The summed E-state index contributed by atoms with van der Waals surface area (Å²) in [6, 6.07) is 8.22. The number of hydrogen-bond donors (Lipinski definition) is 1. The fraction of sp³-hybridized carbons (Fsp3) is 0.609. The molecular formula is C23H33N5O2S. The second kappa shape index (κ2) is 10.5. The molecule has 2 aliphatic heterocycles. The Morgan fingerprint density at radius 1 is 1.19 bits per heavy atom. The molecule has 1 atom stereocenters. The Labute approximate surface area is 188 Å². The molecule has 8 heteroatoms. The van der Waals surface area contributed by atoms with Gasteiger partial charge in [-0.1, -0.05) is 48.5 Å². The highest BCUT2D eigenvalue weighted by atomic mass is 32.2. The number of aryl methyl sites for hydroxylation is 1. The summed E-state index contributed by atoms with van der Waals surface area (Å²) in [6.07, 6.45) is 4.73. The second-order valence-corrected chi connectivity index (χ2v) is 9.69. The number of hydrogen-bond acceptors (Lipinski definition) is 6. The molecule has 2 aliphatic rings. The van der Waals surface area contributed by atoms with Crippen LogP contribution in [0.2, 0.25) is 0 Å². The fourth-order valence-electron chi connectivity index (χ4n) is 4.07. The molecule has 1 aromatic carbocycles. The maximum Gasteiger partial charge on any atom is 0.230 e. The zero-order valence-electron chi connectivity index (χ0n) is 18.5. The van der Waals surface area contributed by atoms with Gasteiger partial charge in [-0.3, -0.25) is 9.36 Å². The largest absolute Gasteiger partial charge is 0.376 e. The van der Waals surface area contributed by atoms with E-state index in [1.807, 2.05) is 12.1 Å². The van der Waals surface area contributed by atoms with Crippen LogP contribution in [0, 0.1) is 12.8 Å². The lowest BCUT2D eigenvalue weighted by Crippen LogP contribution is -2.35. The van der Waals surface area contributed by atoms with Crippen molar-refractivity contribution in [3.05, 3.63) is 35.4 Å². The van der Waals surface area contributed by atoms with Crippen LogP contribution in [0.1, 0.15) is 43.7 Å². The van der Waals surface area contributed by atoms with Crippen molar-refractivity contribution in [2.75, 3.05) is 30.3 Å². The first-order valence-corrected chi connectivity index (χ1v) is 12.3. The predicted octanol–water partition coefficient (Wildman–Crippen LogP) is 3.41. The zero-order valence-corrected chi connectivity index (χ0v) is 19.4. The van der Waals surface area contributed by atoms with Gasteiger partial charge in [-0.15, -0.1) is 10.2 Å². The number of nitrogens with one attached hydrogen (secondary N) is 1. The van der Waals surface area contributed by atoms with Crippen LogP contribution in [0.25, 0.3) is 0 Å². The molecular weight excluding hydrogens is 410 g/mol. The molecule has 1 aromatic heterocycles. The van der Waals surface area contributed by atoms with Crippen molar-refractivity contribution in [1.82, 2.24) is 20.1 Å². The number of rotatable bonds is 8. The second-order valence-electron chi connectivity index (χ2n) is 8.75. The van der Waals surface area contributed by atoms with E-state index in [4.69, 9.17) is 4.74 Å². The van der Waals surface area contributed by atoms with Crippen LogP contribution in [0.4, 0.5) is 5.95 Å². The topological polar surface area (TPSA) is 72.3 Å². The van der Waals surface area contributed by atoms with Crippen LogP contribution in [-0.2, 0) is 22.6 Å². The Kier molecular flexibility index (Phi) is 7.50. The number of carbonyl (C=O) groups excluding carboxylic acids is 1. The van der Waals surface area contributed by atoms with E-state index in [1.54, 1.807) is 0 Å². The third-order valence-electron chi connectivity index (χ3n) is 6.12. The molecule has 2 fully saturated rings. The zero-order chi connectivity index (χ0) is 21.6. The van der Waals surface area contributed by atoms with Gasteiger partial charge in [0.15, 0.2) is 5.16 Å². The van der Waals surface area contributed by atoms with E-state index in [0.29, 0.717) is 12.3 Å². The number of carbonyl (C=O) groups is 1. The number of benzene rings is 1. The molecule has 0 saturated carbocycles. The summed E-state index contributed by atoms with van der Waals surface area (Å²) < 4.78 is 8.05. The number of thioether (sulfide) groups is 1. The number of nitrogens with zero attached hydrogens (tertiary/aromatic N) is 4. The van der Waals surface area contributed by atoms with Crippen LogP contribution in [0.3, 0.4) is 0 Å². The fourth-order valence-corrected chi connectivity index (χ4v) is 4.84. The monoisotopic (exact) mass is 443 g/mol. The van der Waals surface area contributed by atoms with Crippen LogP contribution >= 0.6 is 11.8 Å². The van der Waals surface area contributed by atoms with E-state index in [1.165, 1.54) is 30.2 Å². The van der Waals surface area contributed by atoms with Crippen LogP contribution in [0.5, 0.6) is 0 Å². The van der Waals surface area contributed by atoms with Gasteiger partial charge in [0.2, 0.25) is 11.9 Å². The maximum absolute atomic E-state index is 12.4. The average molecular weight is 444 g/mol. The molecule has 1 unspecified atom stereocenters. The number of amides is 1. The minimum absolute atomic E-state index is 0.00517. The van der Waals surface area contributed by atoms with Gasteiger partial charge >= 0.3 is 0 Å². The normalized spacial score (nSPS) is 19.7. The Balaban J connectivity index is 1.38. The predicted molar refractivity (Wildman–Crippen MR) is 123 cm³/mol. The van der Waals surface area contributed by atoms with E-state index < -0.39 is 0 Å². The van der Waals surface area contributed by atoms with E-state index in [9.17, 15) is 4.79 Å². The number of piperidine rings is 1. The Morgan fingerprint density at radius 3 is 2.68 bits per heavy atom. The molecule has 0 radical (unpaired) electrons. The SMILES string of the molecule is Cc1ccc(CNC(=O)CSc2nnc(N3CCC(C)CC3)n2CC2CCCO2)cc1. The number of ether oxygens (including phenoxy) is 1. The quantitative estimate of drug-likeness (QED) is 0.631. The first-order chi connectivity index (χ1) is 15.1. The lowest BCUT2D eigenvalue weighted by molar-refractivity contribution is -0.118. The third kappa shape index (κ3) is 6.01. The molecule has 1 amide bonds. The number of anilines is 1. The van der Waals surface area contributed by atoms with Gasteiger partial charge in [0.1, 0.15) is 0 Å². The van der Waals surface area contributed by atoms with Crippen molar-refractivity contribution in [1.29, 1.82) is 0 Å². The summed E-state index contributed by atoms with van der Waals surface area (Å²) in [5.74, 6) is 2.01. The van der Waals surface area contributed by atoms with Crippen molar-refractivity contribution in [2.45, 2.75) is 63.9 Å². The van der Waals surface area contributed by atoms with E-state index in [-0.39, 0.29) is 12.0 Å². The molecule has 3 heterocycles. The summed E-state index contributed by atoms with van der Waals surface area (Å²) in [6.45, 7) is 8.50. The number of aromatic nitrogens is 3. The highest BCUT2D eigenvalue weighted by Gasteiger charge is 2.26. The third-order valence-corrected chi connectivity index (χ3v) is 7.08. The molecule has 168 valence electrons. The summed E-state index contributed by atoms with van der Waals surface area (Å²) in [4.78, 5) is 14.8. The van der Waals surface area contributed by atoms with E-state index in [0.717, 1.165) is 61.7 Å². The first-order valence-electron chi connectivity index (χ1n) is 11.3. The molecule has 7 nitrogen and oxygen atoms in total. The molecule has 4 rings (SSSR count). The lowest BCUT2D eigenvalue weighted by Gasteiger charge is -2.31. The van der Waals surface area contributed by atoms with Crippen LogP contribution in [0.15, 0.2) is 29.4 Å². The Hall–Kier alpha value is -2.06. The van der Waals surface area contributed by atoms with Crippen molar-refractivity contribution in [2.24, 2.45) is 5.92 Å².